The summed E-state index contributed by atoms with van der Waals surface area (Å²) < 4.78 is 46.4. The molecule has 0 bridgehead atoms. The molecular weight excluding hydrogens is 299 g/mol. The van der Waals surface area contributed by atoms with E-state index in [2.05, 4.69) is 14.1 Å². The summed E-state index contributed by atoms with van der Waals surface area (Å²) >= 11 is 1.09. The van der Waals surface area contributed by atoms with Gasteiger partial charge >= 0.3 is 6.18 Å². The standard InChI is InChI=1S/C14H16F3N3S/c1-3-6-18-13(12-8-19-21-20-12)11-5-4-10(7-9(11)2)14(15,16)17/h4-5,7-8,13,18H,3,6H2,1-2H3. The van der Waals surface area contributed by atoms with Crippen LogP contribution in [0.15, 0.2) is 24.4 Å². The summed E-state index contributed by atoms with van der Waals surface area (Å²) in [4.78, 5) is 0. The van der Waals surface area contributed by atoms with Gasteiger partial charge in [0.25, 0.3) is 0 Å². The number of hydrogen-bond donors (Lipinski definition) is 1. The molecule has 1 aromatic heterocycles. The zero-order valence-corrected chi connectivity index (χ0v) is 12.6. The average Bonchev–Trinajstić information content (AvgIpc) is 2.93. The summed E-state index contributed by atoms with van der Waals surface area (Å²) in [6.07, 6.45) is -1.75. The largest absolute Gasteiger partial charge is 0.416 e. The van der Waals surface area contributed by atoms with E-state index in [1.165, 1.54) is 12.1 Å². The van der Waals surface area contributed by atoms with E-state index >= 15 is 0 Å². The Bertz CT molecular complexity index is 582. The number of hydrogen-bond acceptors (Lipinski definition) is 4. The van der Waals surface area contributed by atoms with Crippen molar-refractivity contribution in [3.05, 3.63) is 46.8 Å². The van der Waals surface area contributed by atoms with Crippen molar-refractivity contribution >= 4 is 11.7 Å². The van der Waals surface area contributed by atoms with E-state index in [-0.39, 0.29) is 6.04 Å². The first-order chi connectivity index (χ1) is 9.93. The quantitative estimate of drug-likeness (QED) is 0.907. The Labute approximate surface area is 125 Å². The number of nitrogens with one attached hydrogen (secondary N) is 1. The van der Waals surface area contributed by atoms with Crippen LogP contribution in [0.25, 0.3) is 0 Å². The highest BCUT2D eigenvalue weighted by Gasteiger charge is 2.31. The molecule has 7 heteroatoms. The van der Waals surface area contributed by atoms with Gasteiger partial charge in [0.05, 0.1) is 35.2 Å². The lowest BCUT2D eigenvalue weighted by molar-refractivity contribution is -0.137. The molecule has 21 heavy (non-hydrogen) atoms. The van der Waals surface area contributed by atoms with Crippen molar-refractivity contribution in [2.45, 2.75) is 32.5 Å². The highest BCUT2D eigenvalue weighted by Crippen LogP contribution is 2.32. The lowest BCUT2D eigenvalue weighted by Gasteiger charge is -2.20. The molecule has 2 rings (SSSR count). The van der Waals surface area contributed by atoms with Crippen LogP contribution in [-0.2, 0) is 6.18 Å². The smallest absolute Gasteiger partial charge is 0.305 e. The molecule has 0 saturated heterocycles. The fourth-order valence-corrected chi connectivity index (χ4v) is 2.59. The molecule has 0 aliphatic rings. The van der Waals surface area contributed by atoms with E-state index in [1.807, 2.05) is 6.92 Å². The van der Waals surface area contributed by atoms with Gasteiger partial charge in [-0.25, -0.2) is 0 Å². The molecule has 0 spiro atoms. The number of nitrogens with zero attached hydrogens (tertiary/aromatic N) is 2. The van der Waals surface area contributed by atoms with Gasteiger partial charge in [0, 0.05) is 0 Å². The summed E-state index contributed by atoms with van der Waals surface area (Å²) in [5.41, 5.74) is 1.49. The Morgan fingerprint density at radius 2 is 2.10 bits per heavy atom. The van der Waals surface area contributed by atoms with Gasteiger partial charge in [-0.05, 0) is 43.1 Å². The zero-order chi connectivity index (χ0) is 15.5. The van der Waals surface area contributed by atoms with Crippen LogP contribution in [-0.4, -0.2) is 15.3 Å². The third-order valence-electron chi connectivity index (χ3n) is 3.18. The number of benzene rings is 1. The summed E-state index contributed by atoms with van der Waals surface area (Å²) in [5, 5.41) is 3.31. The molecule has 1 heterocycles. The van der Waals surface area contributed by atoms with Crippen LogP contribution in [0.2, 0.25) is 0 Å². The lowest BCUT2D eigenvalue weighted by atomic mass is 9.96. The van der Waals surface area contributed by atoms with Gasteiger partial charge in [-0.15, -0.1) is 0 Å². The van der Waals surface area contributed by atoms with E-state index in [0.29, 0.717) is 5.56 Å². The number of halogens is 3. The first kappa shape index (κ1) is 15.9. The normalized spacial score (nSPS) is 13.4. The van der Waals surface area contributed by atoms with Crippen molar-refractivity contribution in [1.29, 1.82) is 0 Å². The Morgan fingerprint density at radius 3 is 2.62 bits per heavy atom. The zero-order valence-electron chi connectivity index (χ0n) is 11.7. The van der Waals surface area contributed by atoms with Crippen LogP contribution in [0.5, 0.6) is 0 Å². The van der Waals surface area contributed by atoms with Crippen molar-refractivity contribution < 1.29 is 13.2 Å². The van der Waals surface area contributed by atoms with Crippen molar-refractivity contribution in [2.24, 2.45) is 0 Å². The second-order valence-corrected chi connectivity index (χ2v) is 5.35. The van der Waals surface area contributed by atoms with Gasteiger partial charge in [-0.3, -0.25) is 0 Å². The number of aromatic nitrogens is 2. The molecule has 0 aliphatic heterocycles. The minimum absolute atomic E-state index is 0.231. The maximum absolute atomic E-state index is 12.7. The van der Waals surface area contributed by atoms with Gasteiger partial charge in [0.1, 0.15) is 0 Å². The summed E-state index contributed by atoms with van der Waals surface area (Å²) in [5.74, 6) is 0. The summed E-state index contributed by atoms with van der Waals surface area (Å²) in [7, 11) is 0. The van der Waals surface area contributed by atoms with Crippen LogP contribution >= 0.6 is 11.7 Å². The predicted octanol–water partition coefficient (Wildman–Crippen LogP) is 3.95. The Balaban J connectivity index is 2.36. The third-order valence-corrected chi connectivity index (χ3v) is 3.67. The Hall–Kier alpha value is -1.47. The molecule has 0 saturated carbocycles. The summed E-state index contributed by atoms with van der Waals surface area (Å²) in [6, 6.07) is 3.58. The molecule has 114 valence electrons. The predicted molar refractivity (Wildman–Crippen MR) is 76.2 cm³/mol. The van der Waals surface area contributed by atoms with Gasteiger partial charge in [-0.1, -0.05) is 13.0 Å². The van der Waals surface area contributed by atoms with Crippen LogP contribution in [0.1, 0.15) is 41.8 Å². The Morgan fingerprint density at radius 1 is 1.33 bits per heavy atom. The molecule has 1 aromatic carbocycles. The number of rotatable bonds is 5. The van der Waals surface area contributed by atoms with Crippen LogP contribution in [0.4, 0.5) is 13.2 Å². The molecule has 1 N–H and O–H groups in total. The SMILES string of the molecule is CCCNC(c1cnsn1)c1ccc(C(F)(F)F)cc1C. The van der Waals surface area contributed by atoms with Gasteiger partial charge in [0.2, 0.25) is 0 Å². The van der Waals surface area contributed by atoms with Crippen LogP contribution in [0.3, 0.4) is 0 Å². The van der Waals surface area contributed by atoms with Crippen molar-refractivity contribution in [2.75, 3.05) is 6.54 Å². The van der Waals surface area contributed by atoms with Gasteiger partial charge < -0.3 is 5.32 Å². The monoisotopic (exact) mass is 315 g/mol. The number of alkyl halides is 3. The van der Waals surface area contributed by atoms with Crippen LogP contribution < -0.4 is 5.32 Å². The molecule has 0 aliphatic carbocycles. The minimum atomic E-state index is -4.32. The van der Waals surface area contributed by atoms with Gasteiger partial charge in [0.15, 0.2) is 0 Å². The average molecular weight is 315 g/mol. The first-order valence-corrected chi connectivity index (χ1v) is 7.35. The molecule has 2 aromatic rings. The lowest BCUT2D eigenvalue weighted by Crippen LogP contribution is -2.24. The third kappa shape index (κ3) is 3.79. The van der Waals surface area contributed by atoms with Crippen molar-refractivity contribution in [3.63, 3.8) is 0 Å². The molecule has 0 amide bonds. The molecule has 0 radical (unpaired) electrons. The van der Waals surface area contributed by atoms with E-state index in [0.717, 1.165) is 42.0 Å². The molecule has 3 nitrogen and oxygen atoms in total. The van der Waals surface area contributed by atoms with Crippen molar-refractivity contribution in [1.82, 2.24) is 14.1 Å². The maximum atomic E-state index is 12.7. The number of aryl methyl sites for hydroxylation is 1. The van der Waals surface area contributed by atoms with E-state index < -0.39 is 11.7 Å². The highest BCUT2D eigenvalue weighted by atomic mass is 32.1. The minimum Gasteiger partial charge on any atom is -0.305 e. The molecular formula is C14H16F3N3S. The highest BCUT2D eigenvalue weighted by molar-refractivity contribution is 6.99. The van der Waals surface area contributed by atoms with Crippen molar-refractivity contribution in [3.8, 4) is 0 Å². The first-order valence-electron chi connectivity index (χ1n) is 6.62. The molecule has 0 fully saturated rings. The summed E-state index contributed by atoms with van der Waals surface area (Å²) in [6.45, 7) is 4.47. The second kappa shape index (κ2) is 6.53. The van der Waals surface area contributed by atoms with Gasteiger partial charge in [-0.2, -0.15) is 21.9 Å². The van der Waals surface area contributed by atoms with E-state index in [9.17, 15) is 13.2 Å². The van der Waals surface area contributed by atoms with Crippen LogP contribution in [0, 0.1) is 6.92 Å². The van der Waals surface area contributed by atoms with E-state index in [4.69, 9.17) is 0 Å². The fourth-order valence-electron chi connectivity index (χ4n) is 2.14. The topological polar surface area (TPSA) is 37.8 Å². The Kier molecular flexibility index (Phi) is 4.95. The fraction of sp³-hybridized carbons (Fsp3) is 0.429. The second-order valence-electron chi connectivity index (χ2n) is 4.79. The van der Waals surface area contributed by atoms with E-state index in [1.54, 1.807) is 13.1 Å². The molecule has 1 unspecified atom stereocenters. The maximum Gasteiger partial charge on any atom is 0.416 e. The molecule has 1 atom stereocenters.